The molecule has 5 nitrogen and oxygen atoms in total. The van der Waals surface area contributed by atoms with Crippen LogP contribution in [0.1, 0.15) is 16.8 Å². The zero-order chi connectivity index (χ0) is 12.5. The molecule has 2 N–H and O–H groups in total. The van der Waals surface area contributed by atoms with Crippen LogP contribution in [-0.2, 0) is 0 Å². The summed E-state index contributed by atoms with van der Waals surface area (Å²) in [6.07, 6.45) is 2.98. The lowest BCUT2D eigenvalue weighted by Gasteiger charge is -2.20. The van der Waals surface area contributed by atoms with E-state index in [1.807, 2.05) is 12.1 Å². The lowest BCUT2D eigenvalue weighted by atomic mass is 10.1. The van der Waals surface area contributed by atoms with E-state index in [1.165, 1.54) is 6.42 Å². The molecule has 2 aliphatic rings. The Morgan fingerprint density at radius 3 is 2.95 bits per heavy atom. The number of hydrogen-bond donors (Lipinski definition) is 2. The number of aromatic nitrogens is 1. The van der Waals surface area contributed by atoms with Gasteiger partial charge in [0.15, 0.2) is 0 Å². The van der Waals surface area contributed by atoms with Gasteiger partial charge in [-0.15, -0.1) is 24.8 Å². The lowest BCUT2D eigenvalue weighted by Crippen LogP contribution is -2.32. The first kappa shape index (κ1) is 17.0. The number of carbonyl (C=O) groups excluding carboxylic acids is 1. The maximum absolute atomic E-state index is 11.8. The van der Waals surface area contributed by atoms with E-state index in [-0.39, 0.29) is 30.7 Å². The molecule has 3 heterocycles. The minimum absolute atomic E-state index is 0. The SMILES string of the molecule is CNC(=O)c1cccnc1N1C[C@@H]2CCN[C@@H]2C1.Cl.Cl. The molecule has 1 aromatic heterocycles. The van der Waals surface area contributed by atoms with Gasteiger partial charge in [0.25, 0.3) is 5.91 Å². The Hall–Kier alpha value is -1.04. The fraction of sp³-hybridized carbons (Fsp3) is 0.538. The predicted octanol–water partition coefficient (Wildman–Crippen LogP) is 1.08. The van der Waals surface area contributed by atoms with Crippen LogP contribution < -0.4 is 15.5 Å². The smallest absolute Gasteiger partial charge is 0.254 e. The molecule has 2 aliphatic heterocycles. The summed E-state index contributed by atoms with van der Waals surface area (Å²) < 4.78 is 0. The Morgan fingerprint density at radius 2 is 2.25 bits per heavy atom. The van der Waals surface area contributed by atoms with Crippen molar-refractivity contribution < 1.29 is 4.79 Å². The van der Waals surface area contributed by atoms with Crippen LogP contribution in [0.2, 0.25) is 0 Å². The van der Waals surface area contributed by atoms with E-state index in [9.17, 15) is 4.79 Å². The fourth-order valence-corrected chi connectivity index (χ4v) is 2.98. The molecule has 0 spiro atoms. The van der Waals surface area contributed by atoms with Gasteiger partial charge in [-0.1, -0.05) is 0 Å². The molecule has 0 saturated carbocycles. The largest absolute Gasteiger partial charge is 0.355 e. The third-order valence-electron chi connectivity index (χ3n) is 3.92. The molecule has 112 valence electrons. The van der Waals surface area contributed by atoms with Gasteiger partial charge in [-0.05, 0) is 31.0 Å². The molecule has 2 fully saturated rings. The first-order valence-corrected chi connectivity index (χ1v) is 6.45. The van der Waals surface area contributed by atoms with E-state index in [2.05, 4.69) is 20.5 Å². The molecular formula is C13H20Cl2N4O. The van der Waals surface area contributed by atoms with E-state index >= 15 is 0 Å². The molecular weight excluding hydrogens is 299 g/mol. The van der Waals surface area contributed by atoms with Crippen molar-refractivity contribution in [3.63, 3.8) is 0 Å². The minimum atomic E-state index is -0.0666. The van der Waals surface area contributed by atoms with Crippen LogP contribution in [0.4, 0.5) is 5.82 Å². The van der Waals surface area contributed by atoms with E-state index in [4.69, 9.17) is 0 Å². The Balaban J connectivity index is 0.000001000. The van der Waals surface area contributed by atoms with Gasteiger partial charge in [0.1, 0.15) is 5.82 Å². The molecule has 2 saturated heterocycles. The summed E-state index contributed by atoms with van der Waals surface area (Å²) in [6.45, 7) is 3.07. The summed E-state index contributed by atoms with van der Waals surface area (Å²) in [5.74, 6) is 1.45. The Bertz CT molecular complexity index is 459. The third kappa shape index (κ3) is 3.00. The highest BCUT2D eigenvalue weighted by Gasteiger charge is 2.37. The Morgan fingerprint density at radius 1 is 1.45 bits per heavy atom. The molecule has 20 heavy (non-hydrogen) atoms. The summed E-state index contributed by atoms with van der Waals surface area (Å²) in [5, 5.41) is 6.19. The average molecular weight is 319 g/mol. The van der Waals surface area contributed by atoms with Crippen molar-refractivity contribution in [2.24, 2.45) is 5.92 Å². The number of pyridine rings is 1. The molecule has 0 radical (unpaired) electrons. The number of rotatable bonds is 2. The second-order valence-electron chi connectivity index (χ2n) is 4.97. The van der Waals surface area contributed by atoms with Crippen molar-refractivity contribution in [2.45, 2.75) is 12.5 Å². The second kappa shape index (κ2) is 7.11. The quantitative estimate of drug-likeness (QED) is 0.857. The number of nitrogens with one attached hydrogen (secondary N) is 2. The summed E-state index contributed by atoms with van der Waals surface area (Å²) in [5.41, 5.74) is 0.667. The van der Waals surface area contributed by atoms with E-state index in [0.29, 0.717) is 17.5 Å². The molecule has 2 atom stereocenters. The standard InChI is InChI=1S/C13H18N4O.2ClH/c1-14-13(18)10-3-2-5-16-12(10)17-7-9-4-6-15-11(9)8-17;;/h2-3,5,9,11,15H,4,6-8H2,1H3,(H,14,18);2*1H/t9-,11+;;/m0../s1. The summed E-state index contributed by atoms with van der Waals surface area (Å²) in [6, 6.07) is 4.20. The van der Waals surface area contributed by atoms with Crippen LogP contribution in [0, 0.1) is 5.92 Å². The number of fused-ring (bicyclic) bond motifs is 1. The molecule has 0 bridgehead atoms. The topological polar surface area (TPSA) is 57.3 Å². The van der Waals surface area contributed by atoms with Gasteiger partial charge in [-0.3, -0.25) is 4.79 Å². The number of hydrogen-bond acceptors (Lipinski definition) is 4. The molecule has 1 amide bonds. The van der Waals surface area contributed by atoms with Crippen LogP contribution >= 0.6 is 24.8 Å². The molecule has 7 heteroatoms. The van der Waals surface area contributed by atoms with E-state index in [1.54, 1.807) is 13.2 Å². The average Bonchev–Trinajstić information content (AvgIpc) is 2.98. The minimum Gasteiger partial charge on any atom is -0.355 e. The third-order valence-corrected chi connectivity index (χ3v) is 3.92. The maximum atomic E-state index is 11.8. The van der Waals surface area contributed by atoms with Crippen molar-refractivity contribution in [1.82, 2.24) is 15.6 Å². The van der Waals surface area contributed by atoms with Crippen molar-refractivity contribution in [3.8, 4) is 0 Å². The van der Waals surface area contributed by atoms with Gasteiger partial charge in [0.2, 0.25) is 0 Å². The van der Waals surface area contributed by atoms with Crippen molar-refractivity contribution >= 4 is 36.5 Å². The van der Waals surface area contributed by atoms with Crippen LogP contribution in [-0.4, -0.2) is 43.6 Å². The van der Waals surface area contributed by atoms with Gasteiger partial charge >= 0.3 is 0 Å². The van der Waals surface area contributed by atoms with Crippen molar-refractivity contribution in [1.29, 1.82) is 0 Å². The van der Waals surface area contributed by atoms with Gasteiger partial charge in [0, 0.05) is 32.4 Å². The maximum Gasteiger partial charge on any atom is 0.254 e. The van der Waals surface area contributed by atoms with Gasteiger partial charge in [-0.2, -0.15) is 0 Å². The van der Waals surface area contributed by atoms with Gasteiger partial charge < -0.3 is 15.5 Å². The first-order chi connectivity index (χ1) is 8.79. The Labute approximate surface area is 131 Å². The normalized spacial score (nSPS) is 23.6. The monoisotopic (exact) mass is 318 g/mol. The second-order valence-corrected chi connectivity index (χ2v) is 4.97. The van der Waals surface area contributed by atoms with Crippen molar-refractivity contribution in [3.05, 3.63) is 23.9 Å². The van der Waals surface area contributed by atoms with Crippen LogP contribution in [0.15, 0.2) is 18.3 Å². The highest BCUT2D eigenvalue weighted by atomic mass is 35.5. The number of nitrogens with zero attached hydrogens (tertiary/aromatic N) is 2. The molecule has 3 rings (SSSR count). The number of anilines is 1. The van der Waals surface area contributed by atoms with Crippen molar-refractivity contribution in [2.75, 3.05) is 31.6 Å². The number of amides is 1. The fourth-order valence-electron chi connectivity index (χ4n) is 2.98. The van der Waals surface area contributed by atoms with Crippen LogP contribution in [0.3, 0.4) is 0 Å². The van der Waals surface area contributed by atoms with Gasteiger partial charge in [-0.25, -0.2) is 4.98 Å². The van der Waals surface area contributed by atoms with Crippen LogP contribution in [0.5, 0.6) is 0 Å². The van der Waals surface area contributed by atoms with Gasteiger partial charge in [0.05, 0.1) is 5.56 Å². The van der Waals surface area contributed by atoms with E-state index in [0.717, 1.165) is 25.5 Å². The Kier molecular flexibility index (Phi) is 6.05. The zero-order valence-electron chi connectivity index (χ0n) is 11.3. The molecule has 0 aromatic carbocycles. The first-order valence-electron chi connectivity index (χ1n) is 6.45. The van der Waals surface area contributed by atoms with E-state index < -0.39 is 0 Å². The summed E-state index contributed by atoms with van der Waals surface area (Å²) in [4.78, 5) is 18.5. The molecule has 1 aromatic rings. The molecule has 0 unspecified atom stereocenters. The summed E-state index contributed by atoms with van der Waals surface area (Å²) >= 11 is 0. The van der Waals surface area contributed by atoms with Crippen LogP contribution in [0.25, 0.3) is 0 Å². The lowest BCUT2D eigenvalue weighted by molar-refractivity contribution is 0.0963. The number of halogens is 2. The number of carbonyl (C=O) groups is 1. The zero-order valence-corrected chi connectivity index (χ0v) is 13.0. The highest BCUT2D eigenvalue weighted by Crippen LogP contribution is 2.29. The predicted molar refractivity (Wildman–Crippen MR) is 84.2 cm³/mol. The molecule has 0 aliphatic carbocycles. The highest BCUT2D eigenvalue weighted by molar-refractivity contribution is 5.98. The summed E-state index contributed by atoms with van der Waals surface area (Å²) in [7, 11) is 1.65.